The molecule has 0 saturated heterocycles. The first kappa shape index (κ1) is 20.3. The molecule has 1 aliphatic carbocycles. The van der Waals surface area contributed by atoms with Crippen LogP contribution in [-0.4, -0.2) is 36.2 Å². The van der Waals surface area contributed by atoms with E-state index in [0.29, 0.717) is 12.3 Å². The van der Waals surface area contributed by atoms with Crippen molar-refractivity contribution in [2.24, 2.45) is 11.8 Å². The number of nitrogens with zero attached hydrogens (tertiary/aromatic N) is 1. The van der Waals surface area contributed by atoms with Crippen LogP contribution in [0.1, 0.15) is 30.4 Å². The highest BCUT2D eigenvalue weighted by molar-refractivity contribution is 6.30. The van der Waals surface area contributed by atoms with Gasteiger partial charge in [0, 0.05) is 23.9 Å². The second-order valence-corrected chi connectivity index (χ2v) is 8.77. The number of aliphatic hydroxyl groups is 1. The summed E-state index contributed by atoms with van der Waals surface area (Å²) in [6.45, 7) is 0.856. The van der Waals surface area contributed by atoms with Gasteiger partial charge in [0.25, 0.3) is 0 Å². The molecule has 2 aromatic carbocycles. The predicted molar refractivity (Wildman–Crippen MR) is 110 cm³/mol. The largest absolute Gasteiger partial charge is 0.389 e. The molecule has 27 heavy (non-hydrogen) atoms. The summed E-state index contributed by atoms with van der Waals surface area (Å²) in [5, 5.41) is 12.3. The third-order valence-electron chi connectivity index (χ3n) is 5.81. The molecule has 146 valence electrons. The van der Waals surface area contributed by atoms with Gasteiger partial charge in [0.15, 0.2) is 0 Å². The Morgan fingerprint density at radius 1 is 1.07 bits per heavy atom. The first-order valence-corrected chi connectivity index (χ1v) is 10.1. The summed E-state index contributed by atoms with van der Waals surface area (Å²) >= 11 is 6.00. The molecule has 1 aliphatic rings. The zero-order valence-corrected chi connectivity index (χ0v) is 16.9. The SMILES string of the molecule is CN(C)CC1CC(Cc2ccc(Cl)cc2)CCC1(O)Cc1ccc(F)cc1. The molecule has 0 aliphatic heterocycles. The van der Waals surface area contributed by atoms with Gasteiger partial charge in [-0.15, -0.1) is 0 Å². The maximum absolute atomic E-state index is 13.2. The first-order chi connectivity index (χ1) is 12.8. The van der Waals surface area contributed by atoms with E-state index >= 15 is 0 Å². The van der Waals surface area contributed by atoms with Crippen molar-refractivity contribution in [1.82, 2.24) is 4.90 Å². The first-order valence-electron chi connectivity index (χ1n) is 9.70. The van der Waals surface area contributed by atoms with Crippen molar-refractivity contribution in [3.05, 3.63) is 70.5 Å². The fraction of sp³-hybridized carbons (Fsp3) is 0.478. The lowest BCUT2D eigenvalue weighted by molar-refractivity contribution is -0.0685. The summed E-state index contributed by atoms with van der Waals surface area (Å²) in [6, 6.07) is 14.6. The fourth-order valence-electron chi connectivity index (χ4n) is 4.41. The van der Waals surface area contributed by atoms with Gasteiger partial charge in [-0.1, -0.05) is 35.9 Å². The number of hydrogen-bond donors (Lipinski definition) is 1. The van der Waals surface area contributed by atoms with Gasteiger partial charge in [0.2, 0.25) is 0 Å². The maximum atomic E-state index is 13.2. The molecular formula is C23H29ClFNO. The highest BCUT2D eigenvalue weighted by Crippen LogP contribution is 2.41. The summed E-state index contributed by atoms with van der Waals surface area (Å²) in [4.78, 5) is 2.16. The maximum Gasteiger partial charge on any atom is 0.123 e. The monoisotopic (exact) mass is 389 g/mol. The van der Waals surface area contributed by atoms with E-state index in [9.17, 15) is 9.50 Å². The Hall–Kier alpha value is -1.42. The van der Waals surface area contributed by atoms with Gasteiger partial charge in [-0.3, -0.25) is 0 Å². The second-order valence-electron chi connectivity index (χ2n) is 8.34. The lowest BCUT2D eigenvalue weighted by Gasteiger charge is -2.44. The van der Waals surface area contributed by atoms with E-state index in [2.05, 4.69) is 31.1 Å². The standard InChI is InChI=1S/C23H29ClFNO/c1-26(2)16-20-14-19(13-17-3-7-21(24)8-4-17)11-12-23(20,27)15-18-5-9-22(25)10-6-18/h3-10,19-20,27H,11-16H2,1-2H3. The van der Waals surface area contributed by atoms with Crippen molar-refractivity contribution in [3.63, 3.8) is 0 Å². The zero-order valence-electron chi connectivity index (χ0n) is 16.2. The van der Waals surface area contributed by atoms with E-state index in [1.807, 2.05) is 12.1 Å². The van der Waals surface area contributed by atoms with Crippen molar-refractivity contribution in [3.8, 4) is 0 Å². The van der Waals surface area contributed by atoms with E-state index in [1.165, 1.54) is 17.7 Å². The van der Waals surface area contributed by atoms with Gasteiger partial charge in [-0.05, 0) is 81.1 Å². The molecule has 4 heteroatoms. The molecular weight excluding hydrogens is 361 g/mol. The Morgan fingerprint density at radius 3 is 2.33 bits per heavy atom. The summed E-state index contributed by atoms with van der Waals surface area (Å²) in [7, 11) is 4.11. The minimum atomic E-state index is -0.738. The summed E-state index contributed by atoms with van der Waals surface area (Å²) < 4.78 is 13.2. The van der Waals surface area contributed by atoms with Gasteiger partial charge in [0.05, 0.1) is 5.60 Å². The molecule has 1 N–H and O–H groups in total. The van der Waals surface area contributed by atoms with Crippen LogP contribution in [0.5, 0.6) is 0 Å². The van der Waals surface area contributed by atoms with Crippen LogP contribution in [0.4, 0.5) is 4.39 Å². The summed E-state index contributed by atoms with van der Waals surface area (Å²) in [5.74, 6) is 0.524. The number of hydrogen-bond acceptors (Lipinski definition) is 2. The van der Waals surface area contributed by atoms with Crippen LogP contribution < -0.4 is 0 Å². The average molecular weight is 390 g/mol. The Balaban J connectivity index is 1.71. The molecule has 0 bridgehead atoms. The zero-order chi connectivity index (χ0) is 19.4. The molecule has 0 amide bonds. The molecule has 1 saturated carbocycles. The van der Waals surface area contributed by atoms with Crippen LogP contribution in [-0.2, 0) is 12.8 Å². The van der Waals surface area contributed by atoms with Crippen LogP contribution in [0.3, 0.4) is 0 Å². The van der Waals surface area contributed by atoms with Crippen LogP contribution in [0.25, 0.3) is 0 Å². The Labute approximate surface area is 167 Å². The average Bonchev–Trinajstić information content (AvgIpc) is 2.62. The number of rotatable bonds is 6. The van der Waals surface area contributed by atoms with Crippen LogP contribution >= 0.6 is 11.6 Å². The molecule has 3 rings (SSSR count). The second kappa shape index (κ2) is 8.72. The highest BCUT2D eigenvalue weighted by atomic mass is 35.5. The van der Waals surface area contributed by atoms with Gasteiger partial charge in [0.1, 0.15) is 5.82 Å². The van der Waals surface area contributed by atoms with Crippen molar-refractivity contribution >= 4 is 11.6 Å². The van der Waals surface area contributed by atoms with Gasteiger partial charge < -0.3 is 10.0 Å². The third-order valence-corrected chi connectivity index (χ3v) is 6.06. The molecule has 3 unspecified atom stereocenters. The lowest BCUT2D eigenvalue weighted by Crippen LogP contribution is -2.49. The van der Waals surface area contributed by atoms with Crippen molar-refractivity contribution in [2.75, 3.05) is 20.6 Å². The van der Waals surface area contributed by atoms with Crippen molar-refractivity contribution < 1.29 is 9.50 Å². The highest BCUT2D eigenvalue weighted by Gasteiger charge is 2.42. The number of benzene rings is 2. The van der Waals surface area contributed by atoms with Crippen LogP contribution in [0.2, 0.25) is 5.02 Å². The van der Waals surface area contributed by atoms with Crippen molar-refractivity contribution in [2.45, 2.75) is 37.7 Å². The van der Waals surface area contributed by atoms with Crippen molar-refractivity contribution in [1.29, 1.82) is 0 Å². The molecule has 0 spiro atoms. The molecule has 3 atom stereocenters. The van der Waals surface area contributed by atoms with Gasteiger partial charge >= 0.3 is 0 Å². The normalized spacial score (nSPS) is 25.7. The third kappa shape index (κ3) is 5.54. The summed E-state index contributed by atoms with van der Waals surface area (Å²) in [5.41, 5.74) is 1.56. The van der Waals surface area contributed by atoms with E-state index in [1.54, 1.807) is 12.1 Å². The quantitative estimate of drug-likeness (QED) is 0.753. The molecule has 0 aromatic heterocycles. The fourth-order valence-corrected chi connectivity index (χ4v) is 4.54. The molecule has 0 radical (unpaired) electrons. The molecule has 2 aromatic rings. The number of halogens is 2. The predicted octanol–water partition coefficient (Wildman–Crippen LogP) is 4.97. The lowest BCUT2D eigenvalue weighted by atomic mass is 9.67. The molecule has 2 nitrogen and oxygen atoms in total. The molecule has 1 fully saturated rings. The van der Waals surface area contributed by atoms with E-state index in [0.717, 1.165) is 42.8 Å². The van der Waals surface area contributed by atoms with E-state index in [-0.39, 0.29) is 11.7 Å². The Bertz CT molecular complexity index is 731. The summed E-state index contributed by atoms with van der Waals surface area (Å²) in [6.07, 6.45) is 4.39. The van der Waals surface area contributed by atoms with E-state index < -0.39 is 5.60 Å². The van der Waals surface area contributed by atoms with E-state index in [4.69, 9.17) is 11.6 Å². The van der Waals surface area contributed by atoms with Gasteiger partial charge in [-0.2, -0.15) is 0 Å². The van der Waals surface area contributed by atoms with Gasteiger partial charge in [-0.25, -0.2) is 4.39 Å². The minimum Gasteiger partial charge on any atom is -0.389 e. The van der Waals surface area contributed by atoms with Crippen LogP contribution in [0.15, 0.2) is 48.5 Å². The molecule has 0 heterocycles. The Kier molecular flexibility index (Phi) is 6.56. The smallest absolute Gasteiger partial charge is 0.123 e. The van der Waals surface area contributed by atoms with Crippen LogP contribution in [0, 0.1) is 17.7 Å². The minimum absolute atomic E-state index is 0.198. The Morgan fingerprint density at radius 2 is 1.70 bits per heavy atom. The topological polar surface area (TPSA) is 23.5 Å².